The highest BCUT2D eigenvalue weighted by atomic mass is 16.5. The molecule has 2 aromatic carbocycles. The predicted octanol–water partition coefficient (Wildman–Crippen LogP) is 3.30. The molecule has 0 spiro atoms. The number of phenolic OH excluding ortho intramolecular Hbond substituents is 2. The average Bonchev–Trinajstić information content (AvgIpc) is 2.65. The third kappa shape index (κ3) is 5.44. The van der Waals surface area contributed by atoms with Gasteiger partial charge in [-0.25, -0.2) is 0 Å². The molecule has 2 N–H and O–H groups in total. The van der Waals surface area contributed by atoms with Crippen LogP contribution in [0.4, 0.5) is 0 Å². The van der Waals surface area contributed by atoms with Crippen molar-refractivity contribution in [3.05, 3.63) is 53.6 Å². The second-order valence-electron chi connectivity index (χ2n) is 5.52. The molecule has 0 atom stereocenters. The van der Waals surface area contributed by atoms with E-state index in [9.17, 15) is 15.0 Å². The van der Waals surface area contributed by atoms with Crippen LogP contribution in [0.3, 0.4) is 0 Å². The van der Waals surface area contributed by atoms with Crippen molar-refractivity contribution < 1.29 is 29.2 Å². The molecule has 0 saturated carbocycles. The first-order chi connectivity index (χ1) is 12.5. The molecule has 0 saturated heterocycles. The number of benzene rings is 2. The number of phenols is 2. The number of carbonyl (C=O) groups excluding carboxylic acids is 1. The molecule has 0 aliphatic heterocycles. The minimum Gasteiger partial charge on any atom is -0.504 e. The third-order valence-electron chi connectivity index (χ3n) is 3.72. The maximum atomic E-state index is 11.8. The predicted molar refractivity (Wildman–Crippen MR) is 97.6 cm³/mol. The van der Waals surface area contributed by atoms with Crippen molar-refractivity contribution in [3.63, 3.8) is 0 Å². The van der Waals surface area contributed by atoms with Crippen LogP contribution < -0.4 is 9.47 Å². The summed E-state index contributed by atoms with van der Waals surface area (Å²) in [6, 6.07) is 9.93. The first kappa shape index (κ1) is 19.2. The van der Waals surface area contributed by atoms with Gasteiger partial charge in [-0.3, -0.25) is 4.79 Å². The molecule has 0 aromatic heterocycles. The van der Waals surface area contributed by atoms with Gasteiger partial charge in [0.15, 0.2) is 23.0 Å². The maximum Gasteiger partial charge on any atom is 0.306 e. The van der Waals surface area contributed by atoms with Crippen molar-refractivity contribution in [1.29, 1.82) is 0 Å². The molecule has 6 nitrogen and oxygen atoms in total. The fourth-order valence-corrected chi connectivity index (χ4v) is 2.32. The van der Waals surface area contributed by atoms with E-state index < -0.39 is 0 Å². The first-order valence-electron chi connectivity index (χ1n) is 8.08. The van der Waals surface area contributed by atoms with E-state index in [1.54, 1.807) is 36.4 Å². The fourth-order valence-electron chi connectivity index (χ4n) is 2.32. The minimum absolute atomic E-state index is 0.0647. The molecular weight excluding hydrogens is 336 g/mol. The summed E-state index contributed by atoms with van der Waals surface area (Å²) in [6.07, 6.45) is 4.22. The lowest BCUT2D eigenvalue weighted by atomic mass is 10.1. The van der Waals surface area contributed by atoms with Crippen molar-refractivity contribution in [2.45, 2.75) is 12.8 Å². The van der Waals surface area contributed by atoms with Crippen molar-refractivity contribution >= 4 is 12.0 Å². The monoisotopic (exact) mass is 358 g/mol. The summed E-state index contributed by atoms with van der Waals surface area (Å²) in [5.41, 5.74) is 1.70. The summed E-state index contributed by atoms with van der Waals surface area (Å²) in [5.74, 6) is 0.582. The van der Waals surface area contributed by atoms with Crippen molar-refractivity contribution in [1.82, 2.24) is 0 Å². The Morgan fingerprint density at radius 3 is 2.35 bits per heavy atom. The summed E-state index contributed by atoms with van der Waals surface area (Å²) in [7, 11) is 2.96. The Labute approximate surface area is 152 Å². The van der Waals surface area contributed by atoms with Gasteiger partial charge in [0.25, 0.3) is 0 Å². The molecule has 0 unspecified atom stereocenters. The van der Waals surface area contributed by atoms with Crippen molar-refractivity contribution in [2.24, 2.45) is 0 Å². The lowest BCUT2D eigenvalue weighted by molar-refractivity contribution is -0.142. The third-order valence-corrected chi connectivity index (χ3v) is 3.72. The summed E-state index contributed by atoms with van der Waals surface area (Å²) in [6.45, 7) is 0.154. The Morgan fingerprint density at radius 2 is 1.65 bits per heavy atom. The van der Waals surface area contributed by atoms with Gasteiger partial charge in [-0.05, 0) is 47.9 Å². The quantitative estimate of drug-likeness (QED) is 0.704. The summed E-state index contributed by atoms with van der Waals surface area (Å²) >= 11 is 0. The van der Waals surface area contributed by atoms with E-state index in [1.807, 2.05) is 0 Å². The number of methoxy groups -OCH3 is 2. The summed E-state index contributed by atoms with van der Waals surface area (Å²) in [5, 5.41) is 19.1. The molecule has 0 bridgehead atoms. The Morgan fingerprint density at radius 1 is 1.00 bits per heavy atom. The van der Waals surface area contributed by atoms with Crippen LogP contribution in [-0.4, -0.2) is 37.0 Å². The van der Waals surface area contributed by atoms with Gasteiger partial charge in [-0.1, -0.05) is 18.2 Å². The number of hydrogen-bond donors (Lipinski definition) is 2. The number of carbonyl (C=O) groups is 1. The van der Waals surface area contributed by atoms with E-state index in [4.69, 9.17) is 14.2 Å². The van der Waals surface area contributed by atoms with Gasteiger partial charge in [-0.15, -0.1) is 0 Å². The molecule has 0 amide bonds. The van der Waals surface area contributed by atoms with Crippen molar-refractivity contribution in [3.8, 4) is 23.0 Å². The van der Waals surface area contributed by atoms with Gasteiger partial charge in [-0.2, -0.15) is 0 Å². The number of rotatable bonds is 8. The Kier molecular flexibility index (Phi) is 6.91. The number of hydrogen-bond acceptors (Lipinski definition) is 6. The normalized spacial score (nSPS) is 10.7. The van der Waals surface area contributed by atoms with Gasteiger partial charge in [0, 0.05) is 6.42 Å². The van der Waals surface area contributed by atoms with Crippen LogP contribution in [0.15, 0.2) is 42.5 Å². The molecule has 138 valence electrons. The largest absolute Gasteiger partial charge is 0.504 e. The first-order valence-corrected chi connectivity index (χ1v) is 8.08. The molecule has 6 heteroatoms. The van der Waals surface area contributed by atoms with Gasteiger partial charge < -0.3 is 24.4 Å². The van der Waals surface area contributed by atoms with E-state index in [0.717, 1.165) is 11.1 Å². The molecule has 0 radical (unpaired) electrons. The van der Waals surface area contributed by atoms with Gasteiger partial charge in [0.05, 0.1) is 14.2 Å². The highest BCUT2D eigenvalue weighted by Crippen LogP contribution is 2.27. The maximum absolute atomic E-state index is 11.8. The van der Waals surface area contributed by atoms with E-state index in [0.29, 0.717) is 17.9 Å². The molecule has 26 heavy (non-hydrogen) atoms. The highest BCUT2D eigenvalue weighted by Gasteiger charge is 2.06. The summed E-state index contributed by atoms with van der Waals surface area (Å²) in [4.78, 5) is 11.8. The van der Waals surface area contributed by atoms with E-state index in [1.165, 1.54) is 26.4 Å². The second-order valence-corrected chi connectivity index (χ2v) is 5.52. The van der Waals surface area contributed by atoms with Crippen LogP contribution in [0.2, 0.25) is 0 Å². The van der Waals surface area contributed by atoms with E-state index >= 15 is 0 Å². The van der Waals surface area contributed by atoms with E-state index in [2.05, 4.69) is 0 Å². The van der Waals surface area contributed by atoms with Crippen LogP contribution in [0, 0.1) is 0 Å². The standard InChI is InChI=1S/C20H22O6/c1-24-18-12-14(5-8-16(18)21)4-3-11-26-20(23)10-7-15-6-9-17(22)19(13-15)25-2/h3-6,8-9,12-13,21-22H,7,10-11H2,1-2H3/b4-3+. The topological polar surface area (TPSA) is 85.2 Å². The number of ether oxygens (including phenoxy) is 3. The molecular formula is C20H22O6. The molecule has 2 aromatic rings. The van der Waals surface area contributed by atoms with E-state index in [-0.39, 0.29) is 30.5 Å². The molecule has 0 aliphatic rings. The zero-order valence-electron chi connectivity index (χ0n) is 14.8. The van der Waals surface area contributed by atoms with Crippen LogP contribution >= 0.6 is 0 Å². The van der Waals surface area contributed by atoms with Crippen LogP contribution in [-0.2, 0) is 16.0 Å². The van der Waals surface area contributed by atoms with Crippen molar-refractivity contribution in [2.75, 3.05) is 20.8 Å². The molecule has 2 rings (SSSR count). The molecule has 0 fully saturated rings. The Balaban J connectivity index is 1.78. The highest BCUT2D eigenvalue weighted by molar-refractivity contribution is 5.70. The number of esters is 1. The number of aromatic hydroxyl groups is 2. The zero-order valence-corrected chi connectivity index (χ0v) is 14.8. The van der Waals surface area contributed by atoms with Crippen LogP contribution in [0.1, 0.15) is 17.5 Å². The lowest BCUT2D eigenvalue weighted by Gasteiger charge is -2.06. The molecule has 0 heterocycles. The fraction of sp³-hybridized carbons (Fsp3) is 0.250. The SMILES string of the molecule is COc1cc(/C=C/COC(=O)CCc2ccc(O)c(OC)c2)ccc1O. The minimum atomic E-state index is -0.315. The average molecular weight is 358 g/mol. The molecule has 0 aliphatic carbocycles. The Hall–Kier alpha value is -3.15. The number of aryl methyl sites for hydroxylation is 1. The zero-order chi connectivity index (χ0) is 18.9. The van der Waals surface area contributed by atoms with Crippen LogP contribution in [0.5, 0.6) is 23.0 Å². The lowest BCUT2D eigenvalue weighted by Crippen LogP contribution is -2.05. The van der Waals surface area contributed by atoms with Crippen LogP contribution in [0.25, 0.3) is 6.08 Å². The second kappa shape index (κ2) is 9.36. The summed E-state index contributed by atoms with van der Waals surface area (Å²) < 4.78 is 15.2. The Bertz CT molecular complexity index is 782. The van der Waals surface area contributed by atoms with Gasteiger partial charge in [0.2, 0.25) is 0 Å². The van der Waals surface area contributed by atoms with Gasteiger partial charge in [0.1, 0.15) is 6.61 Å². The smallest absolute Gasteiger partial charge is 0.306 e. The van der Waals surface area contributed by atoms with Gasteiger partial charge >= 0.3 is 5.97 Å².